The second-order valence-electron chi connectivity index (χ2n) is 5.93. The van der Waals surface area contributed by atoms with Crippen molar-refractivity contribution in [3.63, 3.8) is 0 Å². The minimum Gasteiger partial charge on any atom is -0.329 e. The van der Waals surface area contributed by atoms with Crippen LogP contribution in [0.15, 0.2) is 24.3 Å². The first-order valence-electron chi connectivity index (χ1n) is 7.70. The molecule has 1 aromatic rings. The largest absolute Gasteiger partial charge is 0.329 e. The number of carbonyl (C=O) groups is 1. The maximum absolute atomic E-state index is 12.9. The summed E-state index contributed by atoms with van der Waals surface area (Å²) >= 11 is 0. The first-order valence-corrected chi connectivity index (χ1v) is 7.70. The van der Waals surface area contributed by atoms with Crippen molar-refractivity contribution in [2.45, 2.75) is 45.4 Å². The quantitative estimate of drug-likeness (QED) is 0.917. The molecule has 3 nitrogen and oxygen atoms in total. The predicted molar refractivity (Wildman–Crippen MR) is 83.8 cm³/mol. The number of rotatable bonds is 4. The number of hydrogen-bond donors (Lipinski definition) is 1. The highest BCUT2D eigenvalue weighted by molar-refractivity contribution is 5.97. The molecule has 0 aliphatic heterocycles. The number of hydrogen-bond acceptors (Lipinski definition) is 2. The highest BCUT2D eigenvalue weighted by Gasteiger charge is 2.40. The molecule has 1 aliphatic rings. The molecular formula is C17H26N2O. The van der Waals surface area contributed by atoms with Gasteiger partial charge in [-0.05, 0) is 37.0 Å². The standard InChI is InChI=1S/C17H26N2O/c1-3-14-7-9-15(10-8-14)19(2)16(20)17(13-18)11-5-4-6-12-17/h7-10H,3-6,11-13,18H2,1-2H3. The van der Waals surface area contributed by atoms with Gasteiger partial charge in [-0.25, -0.2) is 0 Å². The van der Waals surface area contributed by atoms with Crippen molar-refractivity contribution in [2.75, 3.05) is 18.5 Å². The molecule has 0 radical (unpaired) electrons. The molecule has 2 rings (SSSR count). The Morgan fingerprint density at radius 2 is 1.80 bits per heavy atom. The van der Waals surface area contributed by atoms with Gasteiger partial charge in [-0.2, -0.15) is 0 Å². The van der Waals surface area contributed by atoms with Crippen molar-refractivity contribution in [3.8, 4) is 0 Å². The SMILES string of the molecule is CCc1ccc(N(C)C(=O)C2(CN)CCCCC2)cc1. The van der Waals surface area contributed by atoms with Gasteiger partial charge in [-0.15, -0.1) is 0 Å². The van der Waals surface area contributed by atoms with E-state index in [0.29, 0.717) is 6.54 Å². The maximum atomic E-state index is 12.9. The van der Waals surface area contributed by atoms with Gasteiger partial charge in [0.25, 0.3) is 0 Å². The molecule has 0 atom stereocenters. The van der Waals surface area contributed by atoms with E-state index >= 15 is 0 Å². The van der Waals surface area contributed by atoms with Gasteiger partial charge in [0.15, 0.2) is 0 Å². The molecule has 1 aromatic carbocycles. The number of nitrogens with two attached hydrogens (primary N) is 1. The Morgan fingerprint density at radius 3 is 2.30 bits per heavy atom. The zero-order valence-electron chi connectivity index (χ0n) is 12.7. The lowest BCUT2D eigenvalue weighted by molar-refractivity contribution is -0.129. The average molecular weight is 274 g/mol. The Labute approximate surface area is 122 Å². The number of carbonyl (C=O) groups excluding carboxylic acids is 1. The van der Waals surface area contributed by atoms with E-state index in [1.165, 1.54) is 12.0 Å². The number of amides is 1. The zero-order valence-corrected chi connectivity index (χ0v) is 12.7. The third-order valence-corrected chi connectivity index (χ3v) is 4.69. The minimum absolute atomic E-state index is 0.184. The summed E-state index contributed by atoms with van der Waals surface area (Å²) in [6, 6.07) is 8.25. The van der Waals surface area contributed by atoms with Gasteiger partial charge in [0, 0.05) is 19.3 Å². The second kappa shape index (κ2) is 6.40. The van der Waals surface area contributed by atoms with Crippen molar-refractivity contribution in [1.29, 1.82) is 0 Å². The molecule has 1 amide bonds. The summed E-state index contributed by atoms with van der Waals surface area (Å²) in [4.78, 5) is 14.6. The topological polar surface area (TPSA) is 46.3 Å². The van der Waals surface area contributed by atoms with E-state index in [4.69, 9.17) is 5.73 Å². The maximum Gasteiger partial charge on any atom is 0.234 e. The molecule has 110 valence electrons. The zero-order chi connectivity index (χ0) is 14.6. The third-order valence-electron chi connectivity index (χ3n) is 4.69. The number of anilines is 1. The molecule has 0 unspecified atom stereocenters. The summed E-state index contributed by atoms with van der Waals surface area (Å²) in [7, 11) is 1.87. The van der Waals surface area contributed by atoms with Crippen molar-refractivity contribution in [2.24, 2.45) is 11.1 Å². The molecule has 0 saturated heterocycles. The highest BCUT2D eigenvalue weighted by Crippen LogP contribution is 2.37. The van der Waals surface area contributed by atoms with Crippen LogP contribution in [-0.2, 0) is 11.2 Å². The van der Waals surface area contributed by atoms with Crippen LogP contribution in [-0.4, -0.2) is 19.5 Å². The van der Waals surface area contributed by atoms with Crippen LogP contribution in [0.25, 0.3) is 0 Å². The van der Waals surface area contributed by atoms with Gasteiger partial charge in [0.1, 0.15) is 0 Å². The van der Waals surface area contributed by atoms with E-state index in [-0.39, 0.29) is 11.3 Å². The lowest BCUT2D eigenvalue weighted by Gasteiger charge is -2.37. The smallest absolute Gasteiger partial charge is 0.234 e. The van der Waals surface area contributed by atoms with Gasteiger partial charge in [-0.3, -0.25) is 4.79 Å². The van der Waals surface area contributed by atoms with Crippen LogP contribution in [0.1, 0.15) is 44.6 Å². The molecule has 1 saturated carbocycles. The molecule has 1 aliphatic carbocycles. The number of aryl methyl sites for hydroxylation is 1. The molecule has 0 bridgehead atoms. The van der Waals surface area contributed by atoms with E-state index < -0.39 is 0 Å². The summed E-state index contributed by atoms with van der Waals surface area (Å²) in [6.45, 7) is 2.60. The van der Waals surface area contributed by atoms with E-state index in [2.05, 4.69) is 19.1 Å². The van der Waals surface area contributed by atoms with Crippen LogP contribution < -0.4 is 10.6 Å². The van der Waals surface area contributed by atoms with Gasteiger partial charge in [0.05, 0.1) is 5.41 Å². The molecule has 0 aromatic heterocycles. The van der Waals surface area contributed by atoms with Crippen molar-refractivity contribution in [1.82, 2.24) is 0 Å². The Kier molecular flexibility index (Phi) is 4.81. The summed E-state index contributed by atoms with van der Waals surface area (Å²) in [6.07, 6.45) is 6.34. The van der Waals surface area contributed by atoms with Crippen LogP contribution in [0.4, 0.5) is 5.69 Å². The monoisotopic (exact) mass is 274 g/mol. The predicted octanol–water partition coefficient (Wildman–Crippen LogP) is 3.12. The van der Waals surface area contributed by atoms with Gasteiger partial charge in [-0.1, -0.05) is 38.3 Å². The van der Waals surface area contributed by atoms with Gasteiger partial charge < -0.3 is 10.6 Å². The lowest BCUT2D eigenvalue weighted by Crippen LogP contribution is -2.48. The van der Waals surface area contributed by atoms with Gasteiger partial charge in [0.2, 0.25) is 5.91 Å². The number of benzene rings is 1. The van der Waals surface area contributed by atoms with Crippen LogP contribution in [0, 0.1) is 5.41 Å². The fourth-order valence-electron chi connectivity index (χ4n) is 3.16. The van der Waals surface area contributed by atoms with E-state index in [1.54, 1.807) is 4.90 Å². The van der Waals surface area contributed by atoms with Crippen LogP contribution in [0.3, 0.4) is 0 Å². The highest BCUT2D eigenvalue weighted by atomic mass is 16.2. The first kappa shape index (κ1) is 15.0. The van der Waals surface area contributed by atoms with Crippen LogP contribution in [0.2, 0.25) is 0 Å². The molecule has 0 spiro atoms. The summed E-state index contributed by atoms with van der Waals surface area (Å²) < 4.78 is 0. The lowest BCUT2D eigenvalue weighted by atomic mass is 9.73. The Balaban J connectivity index is 2.17. The second-order valence-corrected chi connectivity index (χ2v) is 5.93. The van der Waals surface area contributed by atoms with E-state index in [9.17, 15) is 4.79 Å². The molecule has 2 N–H and O–H groups in total. The fraction of sp³-hybridized carbons (Fsp3) is 0.588. The molecule has 20 heavy (non-hydrogen) atoms. The number of nitrogens with zero attached hydrogens (tertiary/aromatic N) is 1. The summed E-state index contributed by atoms with van der Waals surface area (Å²) in [5, 5.41) is 0. The first-order chi connectivity index (χ1) is 9.63. The van der Waals surface area contributed by atoms with Crippen LogP contribution in [0.5, 0.6) is 0 Å². The molecule has 0 heterocycles. The Hall–Kier alpha value is -1.35. The summed E-state index contributed by atoms with van der Waals surface area (Å²) in [5.74, 6) is 0.184. The fourth-order valence-corrected chi connectivity index (χ4v) is 3.16. The van der Waals surface area contributed by atoms with Gasteiger partial charge >= 0.3 is 0 Å². The van der Waals surface area contributed by atoms with Crippen molar-refractivity contribution >= 4 is 11.6 Å². The minimum atomic E-state index is -0.337. The average Bonchev–Trinajstić information content (AvgIpc) is 2.54. The molecular weight excluding hydrogens is 248 g/mol. The Bertz CT molecular complexity index is 447. The van der Waals surface area contributed by atoms with Crippen molar-refractivity contribution in [3.05, 3.63) is 29.8 Å². The Morgan fingerprint density at radius 1 is 1.20 bits per heavy atom. The van der Waals surface area contributed by atoms with E-state index in [0.717, 1.165) is 37.8 Å². The van der Waals surface area contributed by atoms with Crippen molar-refractivity contribution < 1.29 is 4.79 Å². The molecule has 3 heteroatoms. The normalized spacial score (nSPS) is 17.8. The third kappa shape index (κ3) is 2.88. The summed E-state index contributed by atoms with van der Waals surface area (Å²) in [5.41, 5.74) is 7.87. The van der Waals surface area contributed by atoms with E-state index in [1.807, 2.05) is 19.2 Å². The molecule has 1 fully saturated rings. The van der Waals surface area contributed by atoms with Crippen LogP contribution >= 0.6 is 0 Å².